The molecule has 2 aromatic carbocycles. The number of nitrogens with zero attached hydrogens (tertiary/aromatic N) is 3. The predicted molar refractivity (Wildman–Crippen MR) is 129 cm³/mol. The molecule has 2 aliphatic heterocycles. The van der Waals surface area contributed by atoms with Gasteiger partial charge in [-0.05, 0) is 54.8 Å². The maximum absolute atomic E-state index is 12.9. The van der Waals surface area contributed by atoms with E-state index in [2.05, 4.69) is 10.3 Å². The lowest BCUT2D eigenvalue weighted by molar-refractivity contribution is -0.137. The summed E-state index contributed by atoms with van der Waals surface area (Å²) in [5.41, 5.74) is 7.57. The van der Waals surface area contributed by atoms with Crippen LogP contribution in [0.3, 0.4) is 0 Å². The fourth-order valence-electron chi connectivity index (χ4n) is 3.72. The van der Waals surface area contributed by atoms with Crippen molar-refractivity contribution in [1.29, 1.82) is 0 Å². The van der Waals surface area contributed by atoms with Gasteiger partial charge in [0.2, 0.25) is 5.79 Å². The van der Waals surface area contributed by atoms with Crippen LogP contribution in [-0.4, -0.2) is 27.8 Å². The van der Waals surface area contributed by atoms with Crippen LogP contribution in [0.15, 0.2) is 57.4 Å². The monoisotopic (exact) mass is 511 g/mol. The van der Waals surface area contributed by atoms with Crippen LogP contribution in [0.4, 0.5) is 18.9 Å². The minimum absolute atomic E-state index is 0.119. The minimum Gasteiger partial charge on any atom is -0.339 e. The third kappa shape index (κ3) is 4.64. The molecule has 1 fully saturated rings. The molecule has 33 heavy (non-hydrogen) atoms. The van der Waals surface area contributed by atoms with Crippen molar-refractivity contribution < 1.29 is 13.2 Å². The molecule has 0 radical (unpaired) electrons. The molecule has 2 atom stereocenters. The van der Waals surface area contributed by atoms with Gasteiger partial charge in [-0.2, -0.15) is 13.2 Å². The number of aliphatic imine (C=N–C) groups is 3. The Morgan fingerprint density at radius 2 is 1.73 bits per heavy atom. The average molecular weight is 512 g/mol. The zero-order valence-electron chi connectivity index (χ0n) is 17.0. The van der Waals surface area contributed by atoms with Gasteiger partial charge >= 0.3 is 6.18 Å². The first-order valence-electron chi connectivity index (χ1n) is 10.2. The summed E-state index contributed by atoms with van der Waals surface area (Å²) in [5.74, 6) is -0.602. The van der Waals surface area contributed by atoms with Gasteiger partial charge in [0.15, 0.2) is 5.84 Å². The molecule has 172 valence electrons. The van der Waals surface area contributed by atoms with Crippen molar-refractivity contribution in [2.24, 2.45) is 26.6 Å². The van der Waals surface area contributed by atoms with E-state index in [1.807, 2.05) is 0 Å². The largest absolute Gasteiger partial charge is 0.416 e. The zero-order valence-corrected chi connectivity index (χ0v) is 19.4. The highest BCUT2D eigenvalue weighted by Crippen LogP contribution is 2.43. The molecule has 5 rings (SSSR count). The summed E-state index contributed by atoms with van der Waals surface area (Å²) in [6, 6.07) is 10.1. The molecule has 1 saturated carbocycles. The molecule has 5 nitrogen and oxygen atoms in total. The highest BCUT2D eigenvalue weighted by Gasteiger charge is 2.47. The summed E-state index contributed by atoms with van der Waals surface area (Å²) in [6.45, 7) is 0. The Morgan fingerprint density at radius 3 is 2.33 bits per heavy atom. The Morgan fingerprint density at radius 1 is 1.06 bits per heavy atom. The van der Waals surface area contributed by atoms with Crippen molar-refractivity contribution in [3.8, 4) is 0 Å². The number of rotatable bonds is 4. The lowest BCUT2D eigenvalue weighted by Crippen LogP contribution is -2.46. The van der Waals surface area contributed by atoms with Gasteiger partial charge in [-0.25, -0.2) is 9.98 Å². The maximum Gasteiger partial charge on any atom is 0.416 e. The fourth-order valence-corrected chi connectivity index (χ4v) is 5.40. The molecule has 2 aromatic rings. The average Bonchev–Trinajstić information content (AvgIpc) is 3.53. The first kappa shape index (κ1) is 22.7. The van der Waals surface area contributed by atoms with Crippen molar-refractivity contribution in [2.45, 2.75) is 36.6 Å². The second-order valence-electron chi connectivity index (χ2n) is 8.09. The van der Waals surface area contributed by atoms with E-state index >= 15 is 0 Å². The van der Waals surface area contributed by atoms with E-state index in [4.69, 9.17) is 38.9 Å². The molecule has 0 bridgehead atoms. The lowest BCUT2D eigenvalue weighted by Gasteiger charge is -2.27. The number of halogens is 5. The standard InChI is InChI=1S/C22H18Cl2F3N5S/c23-15-2-1-3-16(24)14(15)10-17-30-18-19(29-13-8-6-11(7-9-13)21(25,26)27)31-22(28,12-4-5-12)32-20(18)33-17/h1-3,6-9,12,17H,4-5,10,28H2,(H,29,31). The SMILES string of the molecule is NC1(C2CC2)N=C(Nc2ccc(C(F)(F)F)cc2)C2=NC(Cc3c(Cl)cccc3Cl)SC2=N1. The molecule has 3 N–H and O–H groups in total. The molecule has 2 unspecified atom stereocenters. The lowest BCUT2D eigenvalue weighted by atomic mass is 10.1. The predicted octanol–water partition coefficient (Wildman–Crippen LogP) is 6.01. The van der Waals surface area contributed by atoms with Gasteiger partial charge in [0.05, 0.1) is 5.56 Å². The Bertz CT molecular complexity index is 1170. The van der Waals surface area contributed by atoms with E-state index in [9.17, 15) is 13.2 Å². The molecule has 0 saturated heterocycles. The molecule has 11 heteroatoms. The van der Waals surface area contributed by atoms with E-state index < -0.39 is 17.5 Å². The van der Waals surface area contributed by atoms with E-state index in [1.54, 1.807) is 18.2 Å². The molecular weight excluding hydrogens is 494 g/mol. The third-order valence-corrected chi connectivity index (χ3v) is 7.37. The smallest absolute Gasteiger partial charge is 0.339 e. The second kappa shape index (κ2) is 8.30. The third-order valence-electron chi connectivity index (χ3n) is 5.61. The van der Waals surface area contributed by atoms with Crippen LogP contribution in [0.1, 0.15) is 24.0 Å². The quantitative estimate of drug-likeness (QED) is 0.527. The van der Waals surface area contributed by atoms with Gasteiger partial charge < -0.3 is 5.32 Å². The first-order valence-corrected chi connectivity index (χ1v) is 11.9. The van der Waals surface area contributed by atoms with Crippen LogP contribution in [0.25, 0.3) is 0 Å². The molecule has 2 heterocycles. The number of anilines is 1. The van der Waals surface area contributed by atoms with E-state index in [0.717, 1.165) is 30.5 Å². The number of benzene rings is 2. The summed E-state index contributed by atoms with van der Waals surface area (Å²) in [5, 5.41) is 4.63. The number of hydrogen-bond acceptors (Lipinski definition) is 6. The van der Waals surface area contributed by atoms with Gasteiger partial charge in [-0.1, -0.05) is 41.0 Å². The Balaban J connectivity index is 1.44. The molecule has 0 spiro atoms. The van der Waals surface area contributed by atoms with Crippen LogP contribution in [0, 0.1) is 5.92 Å². The Labute approximate surface area is 202 Å². The van der Waals surface area contributed by atoms with Gasteiger partial charge in [0.1, 0.15) is 16.1 Å². The van der Waals surface area contributed by atoms with Gasteiger partial charge in [0, 0.05) is 28.1 Å². The van der Waals surface area contributed by atoms with Crippen LogP contribution < -0.4 is 11.1 Å². The Kier molecular flexibility index (Phi) is 5.71. The second-order valence-corrected chi connectivity index (χ2v) is 10.1. The summed E-state index contributed by atoms with van der Waals surface area (Å²) in [6.07, 6.45) is -2.08. The molecule has 3 aliphatic rings. The first-order chi connectivity index (χ1) is 15.6. The topological polar surface area (TPSA) is 75.1 Å². The summed E-state index contributed by atoms with van der Waals surface area (Å²) < 4.78 is 38.7. The van der Waals surface area contributed by atoms with Crippen molar-refractivity contribution >= 4 is 57.2 Å². The van der Waals surface area contributed by atoms with Gasteiger partial charge in [-0.3, -0.25) is 10.7 Å². The van der Waals surface area contributed by atoms with Crippen molar-refractivity contribution in [1.82, 2.24) is 0 Å². The Hall–Kier alpha value is -2.07. The summed E-state index contributed by atoms with van der Waals surface area (Å²) in [4.78, 5) is 14.1. The molecule has 0 aromatic heterocycles. The van der Waals surface area contributed by atoms with E-state index in [-0.39, 0.29) is 11.3 Å². The number of fused-ring (bicyclic) bond motifs is 1. The van der Waals surface area contributed by atoms with Gasteiger partial charge in [-0.15, -0.1) is 0 Å². The van der Waals surface area contributed by atoms with E-state index in [0.29, 0.717) is 38.7 Å². The number of nitrogens with one attached hydrogen (secondary N) is 1. The van der Waals surface area contributed by atoms with Crippen LogP contribution in [0.5, 0.6) is 0 Å². The highest BCUT2D eigenvalue weighted by atomic mass is 35.5. The number of alkyl halides is 3. The van der Waals surface area contributed by atoms with Crippen molar-refractivity contribution in [2.75, 3.05) is 5.32 Å². The van der Waals surface area contributed by atoms with Crippen LogP contribution in [0.2, 0.25) is 10.0 Å². The van der Waals surface area contributed by atoms with Crippen molar-refractivity contribution in [3.05, 3.63) is 63.6 Å². The molecule has 1 aliphatic carbocycles. The number of hydrogen-bond donors (Lipinski definition) is 2. The minimum atomic E-state index is -4.40. The summed E-state index contributed by atoms with van der Waals surface area (Å²) in [7, 11) is 0. The normalized spacial score (nSPS) is 24.7. The number of thioether (sulfide) groups is 1. The number of nitrogens with two attached hydrogens (primary N) is 1. The molecular formula is C22H18Cl2F3N5S. The number of amidine groups is 1. The maximum atomic E-state index is 12.9. The fraction of sp³-hybridized carbons (Fsp3) is 0.318. The summed E-state index contributed by atoms with van der Waals surface area (Å²) >= 11 is 14.1. The highest BCUT2D eigenvalue weighted by molar-refractivity contribution is 8.17. The van der Waals surface area contributed by atoms with E-state index in [1.165, 1.54) is 23.9 Å². The van der Waals surface area contributed by atoms with Crippen LogP contribution in [-0.2, 0) is 12.6 Å². The zero-order chi connectivity index (χ0) is 23.4. The van der Waals surface area contributed by atoms with Crippen molar-refractivity contribution in [3.63, 3.8) is 0 Å². The van der Waals surface area contributed by atoms with Crippen LogP contribution >= 0.6 is 35.0 Å². The van der Waals surface area contributed by atoms with Gasteiger partial charge in [0.25, 0.3) is 0 Å². The molecule has 0 amide bonds.